The number of carbonyl (C=O) groups excluding carboxylic acids is 1. The Bertz CT molecular complexity index is 148. The van der Waals surface area contributed by atoms with Crippen LogP contribution in [0.25, 0.3) is 0 Å². The first-order chi connectivity index (χ1) is 4.57. The van der Waals surface area contributed by atoms with Gasteiger partial charge in [-0.2, -0.15) is 0 Å². The van der Waals surface area contributed by atoms with E-state index in [1.165, 1.54) is 0 Å². The fourth-order valence-electron chi connectivity index (χ4n) is 0.350. The van der Waals surface area contributed by atoms with Gasteiger partial charge in [0.25, 0.3) is 5.97 Å². The maximum atomic E-state index is 10.4. The van der Waals surface area contributed by atoms with E-state index in [0.29, 0.717) is 0 Å². The lowest BCUT2D eigenvalue weighted by molar-refractivity contribution is -0.143. The van der Waals surface area contributed by atoms with Crippen LogP contribution in [0.5, 0.6) is 0 Å². The van der Waals surface area contributed by atoms with Crippen molar-refractivity contribution < 1.29 is 19.1 Å². The summed E-state index contributed by atoms with van der Waals surface area (Å²) in [7, 11) is 0.276. The van der Waals surface area contributed by atoms with Gasteiger partial charge in [-0.15, -0.1) is 0 Å². The van der Waals surface area contributed by atoms with Crippen molar-refractivity contribution in [3.63, 3.8) is 0 Å². The predicted molar refractivity (Wildman–Crippen MR) is 36.3 cm³/mol. The molecule has 10 heavy (non-hydrogen) atoms. The second kappa shape index (κ2) is 4.02. The molecule has 0 aromatic carbocycles. The third-order valence-electron chi connectivity index (χ3n) is 0.931. The van der Waals surface area contributed by atoms with Crippen molar-refractivity contribution in [1.82, 2.24) is 0 Å². The van der Waals surface area contributed by atoms with Gasteiger partial charge in [0.1, 0.15) is 6.04 Å². The first-order valence-electron chi connectivity index (χ1n) is 2.63. The number of nitrogens with two attached hydrogens (primary N) is 1. The molecule has 0 aromatic heterocycles. The number of hydrogen-bond donors (Lipinski definition) is 2. The van der Waals surface area contributed by atoms with Gasteiger partial charge in [0.15, 0.2) is 0 Å². The van der Waals surface area contributed by atoms with E-state index in [-0.39, 0.29) is 16.9 Å². The molecule has 0 saturated carbocycles. The molecular weight excluding hydrogens is 154 g/mol. The first-order valence-corrected chi connectivity index (χ1v) is 3.44. The smallest absolute Gasteiger partial charge is 0.321 e. The standard InChI is InChI=1S/C4H9NO4Si/c5-2(4(7)8)1-3(6)9-10/h2H,1,5H2,10H3,(H,7,8)/t2-/m0/s1. The zero-order valence-electron chi connectivity index (χ0n) is 5.53. The molecular formula is C4H9NO4Si. The Kier molecular flexibility index (Phi) is 3.66. The molecule has 0 spiro atoms. The van der Waals surface area contributed by atoms with Crippen LogP contribution in [0.2, 0.25) is 0 Å². The Hall–Kier alpha value is -0.883. The quantitative estimate of drug-likeness (QED) is 0.453. The molecule has 0 unspecified atom stereocenters. The zero-order chi connectivity index (χ0) is 8.15. The molecule has 0 bridgehead atoms. The second-order valence-corrected chi connectivity index (χ2v) is 2.13. The van der Waals surface area contributed by atoms with Crippen LogP contribution in [-0.4, -0.2) is 33.6 Å². The lowest BCUT2D eigenvalue weighted by Gasteiger charge is -2.03. The maximum Gasteiger partial charge on any atom is 0.321 e. The minimum absolute atomic E-state index is 0.251. The van der Waals surface area contributed by atoms with Crippen molar-refractivity contribution in [2.75, 3.05) is 0 Å². The van der Waals surface area contributed by atoms with Gasteiger partial charge in [-0.3, -0.25) is 9.59 Å². The molecule has 0 heterocycles. The summed E-state index contributed by atoms with van der Waals surface area (Å²) in [4.78, 5) is 20.4. The Morgan fingerprint density at radius 3 is 2.50 bits per heavy atom. The SMILES string of the molecule is N[C@@H](CC(=O)O[SiH3])C(=O)O. The molecule has 0 aliphatic rings. The fourth-order valence-corrected chi connectivity index (χ4v) is 0.517. The summed E-state index contributed by atoms with van der Waals surface area (Å²) < 4.78 is 4.33. The largest absolute Gasteiger partial charge is 0.529 e. The number of aliphatic carboxylic acids is 1. The van der Waals surface area contributed by atoms with E-state index in [1.807, 2.05) is 0 Å². The molecule has 0 aromatic rings. The van der Waals surface area contributed by atoms with Gasteiger partial charge in [0.05, 0.1) is 6.42 Å². The van der Waals surface area contributed by atoms with Gasteiger partial charge in [-0.1, -0.05) is 0 Å². The molecule has 1 atom stereocenters. The van der Waals surface area contributed by atoms with Crippen molar-refractivity contribution >= 4 is 22.4 Å². The Balaban J connectivity index is 3.68. The summed E-state index contributed by atoms with van der Waals surface area (Å²) in [6.45, 7) is 0. The third kappa shape index (κ3) is 3.20. The van der Waals surface area contributed by atoms with E-state index in [0.717, 1.165) is 0 Å². The van der Waals surface area contributed by atoms with Crippen molar-refractivity contribution in [3.05, 3.63) is 0 Å². The monoisotopic (exact) mass is 163 g/mol. The van der Waals surface area contributed by atoms with Gasteiger partial charge in [-0.25, -0.2) is 0 Å². The van der Waals surface area contributed by atoms with E-state index in [9.17, 15) is 9.59 Å². The number of carbonyl (C=O) groups is 2. The predicted octanol–water partition coefficient (Wildman–Crippen LogP) is -2.39. The zero-order valence-corrected chi connectivity index (χ0v) is 7.53. The summed E-state index contributed by atoms with van der Waals surface area (Å²) in [6, 6.07) is -1.14. The fraction of sp³-hybridized carbons (Fsp3) is 0.500. The van der Waals surface area contributed by atoms with Crippen LogP contribution in [0.4, 0.5) is 0 Å². The maximum absolute atomic E-state index is 10.4. The first kappa shape index (κ1) is 9.12. The van der Waals surface area contributed by atoms with Crippen LogP contribution in [0.3, 0.4) is 0 Å². The Labute approximate surface area is 60.7 Å². The summed E-state index contributed by atoms with van der Waals surface area (Å²) in [5.41, 5.74) is 5.01. The summed E-state index contributed by atoms with van der Waals surface area (Å²) in [6.07, 6.45) is -0.251. The van der Waals surface area contributed by atoms with Crippen LogP contribution in [-0.2, 0) is 14.0 Å². The summed E-state index contributed by atoms with van der Waals surface area (Å²) in [5, 5.41) is 8.20. The second-order valence-electron chi connectivity index (χ2n) is 1.72. The highest BCUT2D eigenvalue weighted by atomic mass is 28.2. The molecule has 58 valence electrons. The van der Waals surface area contributed by atoms with Gasteiger partial charge in [0.2, 0.25) is 10.5 Å². The van der Waals surface area contributed by atoms with E-state index >= 15 is 0 Å². The van der Waals surface area contributed by atoms with E-state index in [4.69, 9.17) is 10.8 Å². The van der Waals surface area contributed by atoms with Crippen LogP contribution < -0.4 is 5.73 Å². The van der Waals surface area contributed by atoms with Gasteiger partial charge in [-0.05, 0) is 0 Å². The van der Waals surface area contributed by atoms with Crippen LogP contribution in [0.15, 0.2) is 0 Å². The van der Waals surface area contributed by atoms with E-state index < -0.39 is 18.0 Å². The molecule has 3 N–H and O–H groups in total. The molecule has 0 aliphatic heterocycles. The number of hydrogen-bond acceptors (Lipinski definition) is 4. The van der Waals surface area contributed by atoms with Gasteiger partial charge < -0.3 is 15.3 Å². The van der Waals surface area contributed by atoms with Crippen molar-refractivity contribution in [2.24, 2.45) is 5.73 Å². The minimum atomic E-state index is -1.19. The van der Waals surface area contributed by atoms with Crippen molar-refractivity contribution in [3.8, 4) is 0 Å². The minimum Gasteiger partial charge on any atom is -0.529 e. The Morgan fingerprint density at radius 1 is 1.70 bits per heavy atom. The lowest BCUT2D eigenvalue weighted by atomic mass is 10.2. The molecule has 0 fully saturated rings. The van der Waals surface area contributed by atoms with Gasteiger partial charge in [0, 0.05) is 0 Å². The van der Waals surface area contributed by atoms with E-state index in [1.54, 1.807) is 0 Å². The highest BCUT2D eigenvalue weighted by Gasteiger charge is 2.15. The normalized spacial score (nSPS) is 12.5. The summed E-state index contributed by atoms with van der Waals surface area (Å²) >= 11 is 0. The summed E-state index contributed by atoms with van der Waals surface area (Å²) in [5.74, 6) is -1.74. The number of carboxylic acid groups (broad SMARTS) is 1. The molecule has 6 heteroatoms. The Morgan fingerprint density at radius 2 is 2.20 bits per heavy atom. The van der Waals surface area contributed by atoms with Crippen LogP contribution >= 0.6 is 0 Å². The topological polar surface area (TPSA) is 89.6 Å². The highest BCUT2D eigenvalue weighted by molar-refractivity contribution is 6.05. The average molecular weight is 163 g/mol. The molecule has 0 amide bonds. The number of carboxylic acids is 1. The number of rotatable bonds is 3. The molecule has 0 rings (SSSR count). The average Bonchev–Trinajstić information content (AvgIpc) is 1.87. The van der Waals surface area contributed by atoms with Crippen molar-refractivity contribution in [1.29, 1.82) is 0 Å². The van der Waals surface area contributed by atoms with Crippen LogP contribution in [0.1, 0.15) is 6.42 Å². The van der Waals surface area contributed by atoms with Crippen LogP contribution in [0, 0.1) is 0 Å². The highest BCUT2D eigenvalue weighted by Crippen LogP contribution is 1.89. The molecule has 0 saturated heterocycles. The van der Waals surface area contributed by atoms with Gasteiger partial charge >= 0.3 is 5.97 Å². The third-order valence-corrected chi connectivity index (χ3v) is 1.39. The lowest BCUT2D eigenvalue weighted by Crippen LogP contribution is -2.32. The molecule has 0 radical (unpaired) electrons. The van der Waals surface area contributed by atoms with Crippen molar-refractivity contribution in [2.45, 2.75) is 12.5 Å². The van der Waals surface area contributed by atoms with E-state index in [2.05, 4.69) is 4.43 Å². The molecule has 5 nitrogen and oxygen atoms in total. The molecule has 0 aliphatic carbocycles.